The van der Waals surface area contributed by atoms with Gasteiger partial charge < -0.3 is 5.11 Å². The summed E-state index contributed by atoms with van der Waals surface area (Å²) in [7, 11) is 0. The smallest absolute Gasteiger partial charge is 0.355 e. The number of aromatic carboxylic acids is 1. The second kappa shape index (κ2) is 4.79. The maximum atomic E-state index is 12.3. The minimum absolute atomic E-state index is 0.110. The molecule has 2 rings (SSSR count). The molecule has 0 unspecified atom stereocenters. The first kappa shape index (κ1) is 12.0. The molecule has 0 atom stereocenters. The van der Waals surface area contributed by atoms with Crippen molar-refractivity contribution in [3.63, 3.8) is 0 Å². The SMILES string of the molecule is Cc1ccccc1C(=O)c1cccnc1C(=O)O. The Morgan fingerprint density at radius 3 is 2.39 bits per heavy atom. The van der Waals surface area contributed by atoms with Gasteiger partial charge in [0.2, 0.25) is 0 Å². The topological polar surface area (TPSA) is 67.3 Å². The van der Waals surface area contributed by atoms with E-state index in [2.05, 4.69) is 4.98 Å². The van der Waals surface area contributed by atoms with Gasteiger partial charge >= 0.3 is 5.97 Å². The number of benzene rings is 1. The second-order valence-corrected chi connectivity index (χ2v) is 3.85. The minimum atomic E-state index is -1.20. The predicted molar refractivity (Wildman–Crippen MR) is 65.8 cm³/mol. The number of pyridine rings is 1. The van der Waals surface area contributed by atoms with Gasteiger partial charge in [0.05, 0.1) is 5.56 Å². The lowest BCUT2D eigenvalue weighted by Crippen LogP contribution is -2.12. The van der Waals surface area contributed by atoms with Gasteiger partial charge in [-0.1, -0.05) is 24.3 Å². The van der Waals surface area contributed by atoms with Crippen molar-refractivity contribution >= 4 is 11.8 Å². The first-order valence-corrected chi connectivity index (χ1v) is 5.40. The van der Waals surface area contributed by atoms with E-state index in [1.165, 1.54) is 12.3 Å². The lowest BCUT2D eigenvalue weighted by atomic mass is 9.98. The fourth-order valence-electron chi connectivity index (χ4n) is 1.73. The third-order valence-electron chi connectivity index (χ3n) is 2.64. The first-order chi connectivity index (χ1) is 8.61. The molecule has 1 aromatic carbocycles. The van der Waals surface area contributed by atoms with Crippen molar-refractivity contribution in [3.8, 4) is 0 Å². The van der Waals surface area contributed by atoms with Crippen LogP contribution in [0.1, 0.15) is 32.0 Å². The molecular formula is C14H11NO3. The lowest BCUT2D eigenvalue weighted by Gasteiger charge is -2.06. The van der Waals surface area contributed by atoms with Crippen LogP contribution in [0.3, 0.4) is 0 Å². The molecule has 0 spiro atoms. The number of carbonyl (C=O) groups excluding carboxylic acids is 1. The zero-order valence-electron chi connectivity index (χ0n) is 9.75. The van der Waals surface area contributed by atoms with Crippen molar-refractivity contribution in [2.75, 3.05) is 0 Å². The molecule has 0 aliphatic carbocycles. The van der Waals surface area contributed by atoms with Gasteiger partial charge in [-0.15, -0.1) is 0 Å². The van der Waals surface area contributed by atoms with Gasteiger partial charge in [0.1, 0.15) is 0 Å². The summed E-state index contributed by atoms with van der Waals surface area (Å²) >= 11 is 0. The normalized spacial score (nSPS) is 10.1. The third kappa shape index (κ3) is 2.13. The van der Waals surface area contributed by atoms with Crippen LogP contribution in [-0.2, 0) is 0 Å². The Labute approximate surface area is 104 Å². The minimum Gasteiger partial charge on any atom is -0.476 e. The number of aromatic nitrogens is 1. The van der Waals surface area contributed by atoms with E-state index in [1.54, 1.807) is 18.2 Å². The number of carboxylic acid groups (broad SMARTS) is 1. The first-order valence-electron chi connectivity index (χ1n) is 5.40. The highest BCUT2D eigenvalue weighted by Crippen LogP contribution is 2.15. The Bertz CT molecular complexity index is 620. The maximum Gasteiger partial charge on any atom is 0.355 e. The van der Waals surface area contributed by atoms with E-state index in [9.17, 15) is 9.59 Å². The van der Waals surface area contributed by atoms with Crippen LogP contribution in [0, 0.1) is 6.92 Å². The lowest BCUT2D eigenvalue weighted by molar-refractivity contribution is 0.0686. The molecule has 0 bridgehead atoms. The Kier molecular flexibility index (Phi) is 3.19. The van der Waals surface area contributed by atoms with E-state index < -0.39 is 5.97 Å². The summed E-state index contributed by atoms with van der Waals surface area (Å²) in [5.74, 6) is -1.52. The highest BCUT2D eigenvalue weighted by Gasteiger charge is 2.19. The molecular weight excluding hydrogens is 230 g/mol. The average Bonchev–Trinajstić information content (AvgIpc) is 2.38. The van der Waals surface area contributed by atoms with Gasteiger partial charge in [0.15, 0.2) is 11.5 Å². The van der Waals surface area contributed by atoms with Crippen LogP contribution in [0.15, 0.2) is 42.6 Å². The van der Waals surface area contributed by atoms with E-state index in [0.717, 1.165) is 5.56 Å². The summed E-state index contributed by atoms with van der Waals surface area (Å²) in [6.45, 7) is 1.81. The molecule has 4 heteroatoms. The number of nitrogens with zero attached hydrogens (tertiary/aromatic N) is 1. The third-order valence-corrected chi connectivity index (χ3v) is 2.64. The number of rotatable bonds is 3. The molecule has 1 heterocycles. The van der Waals surface area contributed by atoms with Crippen molar-refractivity contribution in [3.05, 3.63) is 65.0 Å². The number of aryl methyl sites for hydroxylation is 1. The van der Waals surface area contributed by atoms with Crippen LogP contribution in [0.2, 0.25) is 0 Å². The molecule has 2 aromatic rings. The Morgan fingerprint density at radius 2 is 1.72 bits per heavy atom. The van der Waals surface area contributed by atoms with Crippen LogP contribution < -0.4 is 0 Å². The molecule has 18 heavy (non-hydrogen) atoms. The largest absolute Gasteiger partial charge is 0.476 e. The number of ketones is 1. The van der Waals surface area contributed by atoms with E-state index in [1.807, 2.05) is 19.1 Å². The average molecular weight is 241 g/mol. The highest BCUT2D eigenvalue weighted by atomic mass is 16.4. The molecule has 0 aliphatic rings. The number of hydrogen-bond donors (Lipinski definition) is 1. The summed E-state index contributed by atoms with van der Waals surface area (Å²) in [6, 6.07) is 10.1. The van der Waals surface area contributed by atoms with Crippen LogP contribution in [0.25, 0.3) is 0 Å². The molecule has 0 amide bonds. The summed E-state index contributed by atoms with van der Waals surface area (Å²) in [6.07, 6.45) is 1.36. The molecule has 4 nitrogen and oxygen atoms in total. The fourth-order valence-corrected chi connectivity index (χ4v) is 1.73. The fraction of sp³-hybridized carbons (Fsp3) is 0.0714. The van der Waals surface area contributed by atoms with Crippen molar-refractivity contribution < 1.29 is 14.7 Å². The molecule has 0 aliphatic heterocycles. The van der Waals surface area contributed by atoms with Gasteiger partial charge in [0.25, 0.3) is 0 Å². The van der Waals surface area contributed by atoms with Gasteiger partial charge in [-0.05, 0) is 24.6 Å². The number of carboxylic acids is 1. The number of hydrogen-bond acceptors (Lipinski definition) is 3. The maximum absolute atomic E-state index is 12.3. The van der Waals surface area contributed by atoms with Gasteiger partial charge in [-0.25, -0.2) is 9.78 Å². The van der Waals surface area contributed by atoms with Crippen molar-refractivity contribution in [1.29, 1.82) is 0 Å². The van der Waals surface area contributed by atoms with Crippen LogP contribution in [-0.4, -0.2) is 21.8 Å². The molecule has 1 N–H and O–H groups in total. The molecule has 0 saturated heterocycles. The van der Waals surface area contributed by atoms with Gasteiger partial charge in [0, 0.05) is 11.8 Å². The van der Waals surface area contributed by atoms with Crippen molar-refractivity contribution in [2.45, 2.75) is 6.92 Å². The molecule has 90 valence electrons. The number of carbonyl (C=O) groups is 2. The summed E-state index contributed by atoms with van der Waals surface area (Å²) < 4.78 is 0. The highest BCUT2D eigenvalue weighted by molar-refractivity contribution is 6.14. The molecule has 1 aromatic heterocycles. The standard InChI is InChI=1S/C14H11NO3/c1-9-5-2-3-6-10(9)13(16)11-7-4-8-15-12(11)14(17)18/h2-8H,1H3,(H,17,18). The van der Waals surface area contributed by atoms with Crippen LogP contribution in [0.4, 0.5) is 0 Å². The summed E-state index contributed by atoms with van der Waals surface area (Å²) in [4.78, 5) is 27.1. The second-order valence-electron chi connectivity index (χ2n) is 3.85. The molecule has 0 saturated carbocycles. The Hall–Kier alpha value is -2.49. The molecule has 0 fully saturated rings. The van der Waals surface area contributed by atoms with E-state index in [4.69, 9.17) is 5.11 Å². The zero-order chi connectivity index (χ0) is 13.1. The van der Waals surface area contributed by atoms with E-state index >= 15 is 0 Å². The Balaban J connectivity index is 2.54. The quantitative estimate of drug-likeness (QED) is 0.837. The van der Waals surface area contributed by atoms with Crippen molar-refractivity contribution in [2.24, 2.45) is 0 Å². The summed E-state index contributed by atoms with van der Waals surface area (Å²) in [5, 5.41) is 9.02. The van der Waals surface area contributed by atoms with E-state index in [0.29, 0.717) is 5.56 Å². The predicted octanol–water partition coefficient (Wildman–Crippen LogP) is 2.32. The Morgan fingerprint density at radius 1 is 1.06 bits per heavy atom. The van der Waals surface area contributed by atoms with Crippen LogP contribution >= 0.6 is 0 Å². The van der Waals surface area contributed by atoms with E-state index in [-0.39, 0.29) is 17.0 Å². The molecule has 0 radical (unpaired) electrons. The monoisotopic (exact) mass is 241 g/mol. The van der Waals surface area contributed by atoms with Crippen LogP contribution in [0.5, 0.6) is 0 Å². The summed E-state index contributed by atoms with van der Waals surface area (Å²) in [5.41, 5.74) is 1.20. The van der Waals surface area contributed by atoms with Crippen molar-refractivity contribution in [1.82, 2.24) is 4.98 Å². The van der Waals surface area contributed by atoms with Gasteiger partial charge in [-0.3, -0.25) is 4.79 Å². The zero-order valence-corrected chi connectivity index (χ0v) is 9.75. The van der Waals surface area contributed by atoms with Gasteiger partial charge in [-0.2, -0.15) is 0 Å².